The van der Waals surface area contributed by atoms with Gasteiger partial charge < -0.3 is 0 Å². The SMILES string of the molecule is Brc1c2ccc(-c3ccccc3)cc2c(Br)c2ccc(-c3ccccc3)cc12.Brc1ccc(/C=C/c2ccc(Br)c3ccccc23)c2ccccc12.Brc1ccc2c(-c3ccccc3)c3cc(Br)ccc3c(-c3ccccc3)c2c1.Brc1cccc(-c2c3ccccc3c(-c3cccc(Br)c3)c3ccccc23)c1. The lowest BCUT2D eigenvalue weighted by molar-refractivity contribution is 1.61. The van der Waals surface area contributed by atoms with E-state index in [1.54, 1.807) is 0 Å². The number of halogens is 8. The molecule has 0 N–H and O–H groups in total. The zero-order chi connectivity index (χ0) is 73.8. The van der Waals surface area contributed by atoms with Crippen LogP contribution in [0.25, 0.3) is 165 Å². The van der Waals surface area contributed by atoms with Crippen molar-refractivity contribution in [2.45, 2.75) is 0 Å². The molecule has 108 heavy (non-hydrogen) atoms. The minimum atomic E-state index is 1.09. The van der Waals surface area contributed by atoms with Crippen molar-refractivity contribution in [3.05, 3.63) is 411 Å². The fourth-order valence-corrected chi connectivity index (χ4v) is 18.7. The Morgan fingerprint density at radius 3 is 0.778 bits per heavy atom. The summed E-state index contributed by atoms with van der Waals surface area (Å²) >= 11 is 29.7. The first-order valence-corrected chi connectivity index (χ1v) is 41.6. The van der Waals surface area contributed by atoms with Gasteiger partial charge in [0.25, 0.3) is 0 Å². The Bertz CT molecular complexity index is 6180. The predicted octanol–water partition coefficient (Wildman–Crippen LogP) is 34.2. The van der Waals surface area contributed by atoms with Gasteiger partial charge in [-0.25, -0.2) is 0 Å². The Labute approximate surface area is 695 Å². The van der Waals surface area contributed by atoms with Gasteiger partial charge in [-0.05, 0) is 269 Å². The lowest BCUT2D eigenvalue weighted by Crippen LogP contribution is -1.91. The fourth-order valence-electron chi connectivity index (χ4n) is 14.8. The molecular weight excluding hydrogens is 1840 g/mol. The van der Waals surface area contributed by atoms with E-state index in [1.165, 1.54) is 164 Å². The highest BCUT2D eigenvalue weighted by Gasteiger charge is 2.20. The van der Waals surface area contributed by atoms with Crippen molar-refractivity contribution in [1.29, 1.82) is 0 Å². The van der Waals surface area contributed by atoms with Crippen molar-refractivity contribution in [2.75, 3.05) is 0 Å². The van der Waals surface area contributed by atoms with Gasteiger partial charge in [0, 0.05) is 35.8 Å². The monoisotopic (exact) mass is 1890 g/mol. The van der Waals surface area contributed by atoms with Crippen molar-refractivity contribution in [1.82, 2.24) is 0 Å². The Hall–Kier alpha value is -9.16. The van der Waals surface area contributed by atoms with Crippen molar-refractivity contribution in [2.24, 2.45) is 0 Å². The first-order chi connectivity index (χ1) is 52.9. The second-order valence-electron chi connectivity index (χ2n) is 26.3. The molecule has 0 bridgehead atoms. The second-order valence-corrected chi connectivity index (χ2v) is 33.3. The first-order valence-electron chi connectivity index (χ1n) is 35.3. The van der Waals surface area contributed by atoms with Gasteiger partial charge in [-0.1, -0.05) is 399 Å². The van der Waals surface area contributed by atoms with Crippen LogP contribution in [0, 0.1) is 0 Å². The lowest BCUT2D eigenvalue weighted by Gasteiger charge is -2.18. The van der Waals surface area contributed by atoms with Crippen LogP contribution in [0.4, 0.5) is 0 Å². The Morgan fingerprint density at radius 1 is 0.148 bits per heavy atom. The third-order valence-corrected chi connectivity index (χ3v) is 24.8. The van der Waals surface area contributed by atoms with Crippen LogP contribution in [0.5, 0.6) is 0 Å². The van der Waals surface area contributed by atoms with Crippen LogP contribution in [-0.2, 0) is 0 Å². The van der Waals surface area contributed by atoms with Gasteiger partial charge in [0.2, 0.25) is 0 Å². The molecule has 19 rings (SSSR count). The molecule has 0 saturated carbocycles. The summed E-state index contributed by atoms with van der Waals surface area (Å²) in [5.74, 6) is 0. The smallest absolute Gasteiger partial charge is 0.0333 e. The van der Waals surface area contributed by atoms with Gasteiger partial charge in [0.15, 0.2) is 0 Å². The molecule has 0 amide bonds. The van der Waals surface area contributed by atoms with Gasteiger partial charge in [0.05, 0.1) is 0 Å². The topological polar surface area (TPSA) is 0 Å². The minimum absolute atomic E-state index is 1.09. The Morgan fingerprint density at radius 2 is 0.426 bits per heavy atom. The summed E-state index contributed by atoms with van der Waals surface area (Å²) in [5, 5.41) is 20.0. The highest BCUT2D eigenvalue weighted by atomic mass is 79.9. The van der Waals surface area contributed by atoms with Gasteiger partial charge in [0.1, 0.15) is 0 Å². The summed E-state index contributed by atoms with van der Waals surface area (Å²) in [4.78, 5) is 0. The summed E-state index contributed by atoms with van der Waals surface area (Å²) in [6, 6.07) is 129. The van der Waals surface area contributed by atoms with E-state index in [0.29, 0.717) is 0 Å². The average Bonchev–Trinajstić information content (AvgIpc) is 0.740. The number of hydrogen-bond acceptors (Lipinski definition) is 0. The molecule has 0 fully saturated rings. The highest BCUT2D eigenvalue weighted by Crippen LogP contribution is 2.48. The maximum absolute atomic E-state index is 3.88. The largest absolute Gasteiger partial charge is 0.0622 e. The van der Waals surface area contributed by atoms with E-state index in [9.17, 15) is 0 Å². The van der Waals surface area contributed by atoms with E-state index in [4.69, 9.17) is 0 Å². The predicted molar refractivity (Wildman–Crippen MR) is 495 cm³/mol. The molecule has 0 atom stereocenters. The normalized spacial score (nSPS) is 11.3. The average molecular weight is 1900 g/mol. The summed E-state index contributed by atoms with van der Waals surface area (Å²) in [5.41, 5.74) is 17.4. The van der Waals surface area contributed by atoms with Crippen LogP contribution in [-0.4, -0.2) is 0 Å². The Balaban J connectivity index is 0.000000110. The quantitative estimate of drug-likeness (QED) is 0.105. The summed E-state index contributed by atoms with van der Waals surface area (Å²) < 4.78 is 8.90. The summed E-state index contributed by atoms with van der Waals surface area (Å²) in [7, 11) is 0. The van der Waals surface area contributed by atoms with Gasteiger partial charge in [-0.2, -0.15) is 0 Å². The molecule has 0 aliphatic rings. The molecule has 0 spiro atoms. The number of hydrogen-bond donors (Lipinski definition) is 0. The maximum atomic E-state index is 3.88. The van der Waals surface area contributed by atoms with Crippen molar-refractivity contribution < 1.29 is 0 Å². The van der Waals surface area contributed by atoms with Crippen LogP contribution in [0.3, 0.4) is 0 Å². The highest BCUT2D eigenvalue weighted by molar-refractivity contribution is 9.12. The van der Waals surface area contributed by atoms with Crippen LogP contribution in [0.2, 0.25) is 0 Å². The van der Waals surface area contributed by atoms with E-state index in [1.807, 2.05) is 0 Å². The van der Waals surface area contributed by atoms with Crippen molar-refractivity contribution in [3.63, 3.8) is 0 Å². The van der Waals surface area contributed by atoms with Crippen LogP contribution < -0.4 is 0 Å². The van der Waals surface area contributed by atoms with Crippen LogP contribution in [0.1, 0.15) is 11.1 Å². The molecule has 0 unspecified atom stereocenters. The second kappa shape index (κ2) is 33.0. The number of fused-ring (bicyclic) bond motifs is 8. The molecule has 19 aromatic carbocycles. The third kappa shape index (κ3) is 15.2. The number of benzene rings is 19. The molecule has 0 aliphatic carbocycles. The molecule has 0 heterocycles. The molecule has 0 nitrogen and oxygen atoms in total. The standard InChI is InChI=1S/3C26H16Br2.C22H14Br2/c27-19-12-14-22-23(15-19)25(17-7-3-1-4-8-17)21-13-11-20(28)16-24(21)26(22)18-9-5-2-6-10-18;27-25-22-14-12-20(18-9-5-2-6-10-18)16-24(22)26(28)21-13-11-19(15-23(21)25)17-7-3-1-4-8-17;27-19-9-5-7-17(15-19)25-21-11-1-2-12-22(21)26(18-8-6-10-20(28)16-18)24-14-4-3-13-23(24)25;23-21-13-11-15(17-5-1-3-7-19(17)21)9-10-16-12-14-22(24)20-8-4-2-6-18(16)20/h3*1-16H;1-14H/b;;;10-9+. The zero-order valence-corrected chi connectivity index (χ0v) is 70.5. The summed E-state index contributed by atoms with van der Waals surface area (Å²) in [6.07, 6.45) is 4.40. The maximum Gasteiger partial charge on any atom is 0.0333 e. The zero-order valence-electron chi connectivity index (χ0n) is 57.8. The van der Waals surface area contributed by atoms with Crippen LogP contribution >= 0.6 is 127 Å². The van der Waals surface area contributed by atoms with Crippen molar-refractivity contribution in [3.8, 4) is 66.8 Å². The molecular formula is C100H62Br8. The third-order valence-electron chi connectivity index (χ3n) is 19.8. The minimum Gasteiger partial charge on any atom is -0.0622 e. The van der Waals surface area contributed by atoms with E-state index in [-0.39, 0.29) is 0 Å². The Kier molecular flexibility index (Phi) is 22.3. The molecule has 8 heteroatoms. The number of rotatable bonds is 8. The van der Waals surface area contributed by atoms with Gasteiger partial charge in [-0.3, -0.25) is 0 Å². The van der Waals surface area contributed by atoms with E-state index < -0.39 is 0 Å². The fraction of sp³-hybridized carbons (Fsp3) is 0. The molecule has 0 saturated heterocycles. The molecule has 518 valence electrons. The summed E-state index contributed by atoms with van der Waals surface area (Å²) in [6.45, 7) is 0. The van der Waals surface area contributed by atoms with Gasteiger partial charge in [-0.15, -0.1) is 0 Å². The molecule has 0 radical (unpaired) electrons. The van der Waals surface area contributed by atoms with Crippen molar-refractivity contribution >= 4 is 226 Å². The molecule has 19 aromatic rings. The van der Waals surface area contributed by atoms with Gasteiger partial charge >= 0.3 is 0 Å². The van der Waals surface area contributed by atoms with E-state index in [2.05, 4.69) is 504 Å². The molecule has 0 aliphatic heterocycles. The lowest BCUT2D eigenvalue weighted by atomic mass is 9.86. The van der Waals surface area contributed by atoms with E-state index >= 15 is 0 Å². The first kappa shape index (κ1) is 73.0. The molecule has 0 aromatic heterocycles. The van der Waals surface area contributed by atoms with E-state index in [0.717, 1.165) is 35.8 Å². The van der Waals surface area contributed by atoms with Crippen LogP contribution in [0.15, 0.2) is 400 Å².